The Kier molecular flexibility index (Phi) is 9.18. The number of aliphatic hydroxyl groups excluding tert-OH is 1. The molecule has 0 aliphatic rings. The van der Waals surface area contributed by atoms with Crippen molar-refractivity contribution in [3.63, 3.8) is 0 Å². The largest absolute Gasteiger partial charge is 0.491 e. The third kappa shape index (κ3) is 6.94. The van der Waals surface area contributed by atoms with Crippen LogP contribution in [0.1, 0.15) is 27.6 Å². The summed E-state index contributed by atoms with van der Waals surface area (Å²) in [5.74, 6) is -2.27. The zero-order valence-corrected chi connectivity index (χ0v) is 18.2. The highest BCUT2D eigenvalue weighted by atomic mass is 16.5. The molecule has 1 unspecified atom stereocenters. The van der Waals surface area contributed by atoms with E-state index in [9.17, 15) is 19.2 Å². The summed E-state index contributed by atoms with van der Waals surface area (Å²) in [5, 5.41) is 19.0. The molecular weight excluding hydrogens is 434 g/mol. The van der Waals surface area contributed by atoms with Gasteiger partial charge in [-0.3, -0.25) is 9.59 Å². The summed E-state index contributed by atoms with van der Waals surface area (Å²) >= 11 is 0. The van der Waals surface area contributed by atoms with Gasteiger partial charge in [-0.25, -0.2) is 9.59 Å². The first-order valence-corrected chi connectivity index (χ1v) is 9.67. The number of esters is 2. The molecule has 0 spiro atoms. The number of benzene rings is 2. The molecule has 1 amide bonds. The van der Waals surface area contributed by atoms with Crippen LogP contribution in [0.4, 0.5) is 11.4 Å². The summed E-state index contributed by atoms with van der Waals surface area (Å²) in [6.07, 6.45) is 0. The van der Waals surface area contributed by atoms with Crippen molar-refractivity contribution in [2.45, 2.75) is 13.0 Å². The summed E-state index contributed by atoms with van der Waals surface area (Å²) in [6.45, 7) is 1.16. The molecule has 33 heavy (non-hydrogen) atoms. The first-order valence-electron chi connectivity index (χ1n) is 9.67. The van der Waals surface area contributed by atoms with Crippen LogP contribution in [0.3, 0.4) is 0 Å². The van der Waals surface area contributed by atoms with Crippen molar-refractivity contribution in [2.75, 3.05) is 32.8 Å². The van der Waals surface area contributed by atoms with Crippen LogP contribution in [0.25, 0.3) is 0 Å². The highest BCUT2D eigenvalue weighted by Crippen LogP contribution is 2.24. The number of rotatable bonds is 10. The van der Waals surface area contributed by atoms with Crippen molar-refractivity contribution in [1.29, 1.82) is 0 Å². The van der Waals surface area contributed by atoms with Crippen LogP contribution >= 0.6 is 0 Å². The van der Waals surface area contributed by atoms with Gasteiger partial charge in [0.1, 0.15) is 18.0 Å². The average Bonchev–Trinajstić information content (AvgIpc) is 2.82. The highest BCUT2D eigenvalue weighted by molar-refractivity contribution is 6.10. The van der Waals surface area contributed by atoms with E-state index in [-0.39, 0.29) is 30.0 Å². The van der Waals surface area contributed by atoms with Gasteiger partial charge in [-0.1, -0.05) is 0 Å². The molecule has 11 nitrogen and oxygen atoms in total. The van der Waals surface area contributed by atoms with Gasteiger partial charge in [0.2, 0.25) is 6.04 Å². The predicted molar refractivity (Wildman–Crippen MR) is 116 cm³/mol. The number of amides is 1. The van der Waals surface area contributed by atoms with Gasteiger partial charge in [-0.15, -0.1) is 0 Å². The lowest BCUT2D eigenvalue weighted by molar-refractivity contribution is -0.126. The number of ether oxygens (including phenoxy) is 3. The van der Waals surface area contributed by atoms with E-state index in [1.54, 1.807) is 24.3 Å². The maximum atomic E-state index is 12.6. The average molecular weight is 457 g/mol. The molecule has 2 N–H and O–H groups in total. The standard InChI is InChI=1S/C22H23N3O8/c1-13(27)19(20(28)23-15-5-7-16(8-6-15)33-11-10-26)25-24-18-12-14(21(29)31-2)4-9-17(18)22(30)32-3/h4-9,12,19,26H,10-11H2,1-3H3,(H,23,28). The van der Waals surface area contributed by atoms with Crippen LogP contribution in [-0.4, -0.2) is 62.2 Å². The minimum Gasteiger partial charge on any atom is -0.491 e. The van der Waals surface area contributed by atoms with Gasteiger partial charge in [0.25, 0.3) is 5.91 Å². The Bertz CT molecular complexity index is 1050. The second-order valence-corrected chi connectivity index (χ2v) is 6.53. The number of ketones is 1. The third-order valence-electron chi connectivity index (χ3n) is 4.22. The minimum atomic E-state index is -1.51. The van der Waals surface area contributed by atoms with E-state index in [4.69, 9.17) is 14.6 Å². The zero-order chi connectivity index (χ0) is 24.4. The van der Waals surface area contributed by atoms with Crippen molar-refractivity contribution in [1.82, 2.24) is 0 Å². The first kappa shape index (κ1) is 25.1. The molecule has 0 fully saturated rings. The fourth-order valence-electron chi connectivity index (χ4n) is 2.59. The minimum absolute atomic E-state index is 0.0184. The maximum absolute atomic E-state index is 12.6. The number of hydrogen-bond acceptors (Lipinski definition) is 10. The maximum Gasteiger partial charge on any atom is 0.340 e. The monoisotopic (exact) mass is 457 g/mol. The molecule has 0 saturated carbocycles. The molecule has 0 heterocycles. The lowest BCUT2D eigenvalue weighted by atomic mass is 10.1. The van der Waals surface area contributed by atoms with E-state index >= 15 is 0 Å². The quantitative estimate of drug-likeness (QED) is 0.313. The van der Waals surface area contributed by atoms with Gasteiger partial charge in [0.15, 0.2) is 5.78 Å². The van der Waals surface area contributed by atoms with Crippen molar-refractivity contribution >= 4 is 35.0 Å². The smallest absolute Gasteiger partial charge is 0.340 e. The lowest BCUT2D eigenvalue weighted by Gasteiger charge is -2.11. The fraction of sp³-hybridized carbons (Fsp3) is 0.273. The zero-order valence-electron chi connectivity index (χ0n) is 18.2. The van der Waals surface area contributed by atoms with Crippen LogP contribution in [0.15, 0.2) is 52.7 Å². The number of anilines is 1. The summed E-state index contributed by atoms with van der Waals surface area (Å²) < 4.78 is 14.6. The molecule has 0 aromatic heterocycles. The molecule has 0 saturated heterocycles. The molecule has 0 aliphatic carbocycles. The molecule has 0 bridgehead atoms. The summed E-state index contributed by atoms with van der Waals surface area (Å²) in [6, 6.07) is 8.63. The number of nitrogens with one attached hydrogen (secondary N) is 1. The van der Waals surface area contributed by atoms with Gasteiger partial charge < -0.3 is 24.6 Å². The van der Waals surface area contributed by atoms with Crippen molar-refractivity contribution in [3.05, 3.63) is 53.6 Å². The van der Waals surface area contributed by atoms with E-state index in [2.05, 4.69) is 20.3 Å². The van der Waals surface area contributed by atoms with E-state index in [0.717, 1.165) is 0 Å². The highest BCUT2D eigenvalue weighted by Gasteiger charge is 2.24. The number of methoxy groups -OCH3 is 2. The number of carbonyl (C=O) groups is 4. The number of carbonyl (C=O) groups excluding carboxylic acids is 4. The van der Waals surface area contributed by atoms with Crippen LogP contribution in [-0.2, 0) is 19.1 Å². The number of aliphatic hydroxyl groups is 1. The summed E-state index contributed by atoms with van der Waals surface area (Å²) in [4.78, 5) is 48.5. The third-order valence-corrected chi connectivity index (χ3v) is 4.22. The first-order chi connectivity index (χ1) is 15.8. The number of Topliss-reactive ketones (excluding diaryl/α,β-unsaturated/α-hetero) is 1. The Morgan fingerprint density at radius 1 is 1.00 bits per heavy atom. The molecule has 0 aliphatic heterocycles. The second-order valence-electron chi connectivity index (χ2n) is 6.53. The Morgan fingerprint density at radius 2 is 1.67 bits per heavy atom. The van der Waals surface area contributed by atoms with Crippen LogP contribution in [0, 0.1) is 0 Å². The molecule has 0 radical (unpaired) electrons. The van der Waals surface area contributed by atoms with Gasteiger partial charge in [0, 0.05) is 5.69 Å². The van der Waals surface area contributed by atoms with Crippen LogP contribution in [0.5, 0.6) is 5.75 Å². The topological polar surface area (TPSA) is 153 Å². The van der Waals surface area contributed by atoms with E-state index in [1.807, 2.05) is 0 Å². The van der Waals surface area contributed by atoms with Crippen LogP contribution < -0.4 is 10.1 Å². The molecule has 1 atom stereocenters. The number of azo groups is 1. The predicted octanol–water partition coefficient (Wildman–Crippen LogP) is 2.31. The van der Waals surface area contributed by atoms with Gasteiger partial charge in [-0.05, 0) is 49.4 Å². The van der Waals surface area contributed by atoms with Crippen LogP contribution in [0.2, 0.25) is 0 Å². The molecule has 2 aromatic carbocycles. The normalized spacial score (nSPS) is 11.5. The lowest BCUT2D eigenvalue weighted by Crippen LogP contribution is -2.31. The SMILES string of the molecule is COC(=O)c1ccc(C(=O)OC)c(N=NC(C(C)=O)C(=O)Nc2ccc(OCCO)cc2)c1. The molecule has 2 aromatic rings. The Labute approximate surface area is 189 Å². The van der Waals surface area contributed by atoms with E-state index in [1.165, 1.54) is 39.3 Å². The Morgan fingerprint density at radius 3 is 2.24 bits per heavy atom. The number of nitrogens with zero attached hydrogens (tertiary/aromatic N) is 2. The molecule has 2 rings (SSSR count). The fourth-order valence-corrected chi connectivity index (χ4v) is 2.59. The van der Waals surface area contributed by atoms with Gasteiger partial charge in [0.05, 0.1) is 32.0 Å². The summed E-state index contributed by atoms with van der Waals surface area (Å²) in [5.41, 5.74) is 0.372. The van der Waals surface area contributed by atoms with Gasteiger partial charge >= 0.3 is 11.9 Å². The van der Waals surface area contributed by atoms with Crippen molar-refractivity contribution < 1.29 is 38.5 Å². The molecule has 174 valence electrons. The van der Waals surface area contributed by atoms with Crippen molar-refractivity contribution in [2.24, 2.45) is 10.2 Å². The van der Waals surface area contributed by atoms with Crippen molar-refractivity contribution in [3.8, 4) is 5.75 Å². The van der Waals surface area contributed by atoms with E-state index in [0.29, 0.717) is 11.4 Å². The van der Waals surface area contributed by atoms with Gasteiger partial charge in [-0.2, -0.15) is 10.2 Å². The number of hydrogen-bond donors (Lipinski definition) is 2. The second kappa shape index (κ2) is 12.1. The Hall–Kier alpha value is -4.12. The van der Waals surface area contributed by atoms with E-state index < -0.39 is 29.7 Å². The summed E-state index contributed by atoms with van der Waals surface area (Å²) in [7, 11) is 2.36. The molecule has 11 heteroatoms. The molecular formula is C22H23N3O8. The Balaban J connectivity index is 2.26.